The number of hydrogen-bond donors (Lipinski definition) is 1. The molecule has 0 radical (unpaired) electrons. The van der Waals surface area contributed by atoms with Crippen molar-refractivity contribution in [1.29, 1.82) is 5.26 Å². The Labute approximate surface area is 213 Å². The molecule has 1 N–H and O–H groups in total. The van der Waals surface area contributed by atoms with Crippen LogP contribution in [0.2, 0.25) is 0 Å². The fourth-order valence-corrected chi connectivity index (χ4v) is 4.09. The van der Waals surface area contributed by atoms with E-state index < -0.39 is 5.60 Å². The number of halogens is 1. The van der Waals surface area contributed by atoms with E-state index in [-0.39, 0.29) is 24.5 Å². The third kappa shape index (κ3) is 7.39. The van der Waals surface area contributed by atoms with Gasteiger partial charge >= 0.3 is 0 Å². The molecule has 188 valence electrons. The maximum Gasteiger partial charge on any atom is 0.263 e. The molecule has 0 spiro atoms. The number of nitrogens with zero attached hydrogens (tertiary/aromatic N) is 2. The number of amides is 1. The molecule has 0 saturated carbocycles. The van der Waals surface area contributed by atoms with Crippen LogP contribution in [0.25, 0.3) is 0 Å². The molecule has 0 bridgehead atoms. The van der Waals surface area contributed by atoms with Crippen molar-refractivity contribution in [2.75, 3.05) is 6.67 Å². The molecule has 1 aromatic heterocycles. The summed E-state index contributed by atoms with van der Waals surface area (Å²) in [7, 11) is 0. The SMILES string of the molecule is Cc1ccc(OC(C)(C)C(=O)N[C@@H](C)[C@@H](Cc2ccc(CCC[18F])cc2)c2cccc(C#N)c2)nc1. The monoisotopic (exact) mass is 486 g/mol. The van der Waals surface area contributed by atoms with E-state index in [9.17, 15) is 14.4 Å². The first-order chi connectivity index (χ1) is 17.2. The summed E-state index contributed by atoms with van der Waals surface area (Å²) in [4.78, 5) is 17.5. The summed E-state index contributed by atoms with van der Waals surface area (Å²) in [5.74, 6) is 0.0622. The minimum atomic E-state index is -1.13. The van der Waals surface area contributed by atoms with Crippen molar-refractivity contribution in [3.8, 4) is 11.9 Å². The second-order valence-electron chi connectivity index (χ2n) is 9.71. The van der Waals surface area contributed by atoms with Crippen LogP contribution in [0.5, 0.6) is 5.88 Å². The van der Waals surface area contributed by atoms with Crippen LogP contribution < -0.4 is 10.1 Å². The fraction of sp³-hybridized carbons (Fsp3) is 0.367. The third-order valence-electron chi connectivity index (χ3n) is 6.27. The largest absolute Gasteiger partial charge is 0.462 e. The molecule has 3 rings (SSSR count). The molecule has 2 atom stereocenters. The first-order valence-corrected chi connectivity index (χ1v) is 12.3. The Hall–Kier alpha value is -3.72. The van der Waals surface area contributed by atoms with Gasteiger partial charge in [0.05, 0.1) is 18.3 Å². The summed E-state index contributed by atoms with van der Waals surface area (Å²) < 4.78 is 18.4. The van der Waals surface area contributed by atoms with Crippen molar-refractivity contribution >= 4 is 5.91 Å². The number of pyridine rings is 1. The molecule has 0 unspecified atom stereocenters. The van der Waals surface area contributed by atoms with Gasteiger partial charge in [0.25, 0.3) is 5.91 Å². The van der Waals surface area contributed by atoms with E-state index in [1.54, 1.807) is 32.2 Å². The van der Waals surface area contributed by atoms with Gasteiger partial charge in [-0.25, -0.2) is 4.98 Å². The minimum absolute atomic E-state index is 0.0766. The van der Waals surface area contributed by atoms with Crippen LogP contribution in [0.1, 0.15) is 60.9 Å². The molecule has 0 aliphatic heterocycles. The summed E-state index contributed by atoms with van der Waals surface area (Å²) >= 11 is 0. The number of rotatable bonds is 11. The van der Waals surface area contributed by atoms with Crippen LogP contribution in [0.15, 0.2) is 66.9 Å². The highest BCUT2D eigenvalue weighted by atomic mass is 18.2. The van der Waals surface area contributed by atoms with Gasteiger partial charge in [-0.1, -0.05) is 42.5 Å². The van der Waals surface area contributed by atoms with Crippen LogP contribution in [0, 0.1) is 18.3 Å². The van der Waals surface area contributed by atoms with E-state index in [4.69, 9.17) is 4.74 Å². The molecule has 0 aliphatic carbocycles. The van der Waals surface area contributed by atoms with Gasteiger partial charge in [-0.15, -0.1) is 0 Å². The summed E-state index contributed by atoms with van der Waals surface area (Å²) in [6.07, 6.45) is 3.59. The maximum absolute atomic E-state index is 13.3. The van der Waals surface area contributed by atoms with Gasteiger partial charge in [0.2, 0.25) is 5.88 Å². The number of aromatic nitrogens is 1. The molecular formula is C30H34FN3O2. The van der Waals surface area contributed by atoms with Crippen LogP contribution >= 0.6 is 0 Å². The second-order valence-corrected chi connectivity index (χ2v) is 9.71. The predicted octanol–water partition coefficient (Wildman–Crippen LogP) is 5.85. The quantitative estimate of drug-likeness (QED) is 0.369. The number of nitriles is 1. The molecular weight excluding hydrogens is 452 g/mol. The van der Waals surface area contributed by atoms with Gasteiger partial charge in [-0.05, 0) is 81.3 Å². The van der Waals surface area contributed by atoms with Crippen LogP contribution in [-0.2, 0) is 17.6 Å². The molecule has 0 aliphatic rings. The van der Waals surface area contributed by atoms with E-state index in [0.717, 1.165) is 22.3 Å². The fourth-order valence-electron chi connectivity index (χ4n) is 4.09. The molecule has 36 heavy (non-hydrogen) atoms. The van der Waals surface area contributed by atoms with Crippen molar-refractivity contribution in [1.82, 2.24) is 10.3 Å². The Morgan fingerprint density at radius 3 is 2.50 bits per heavy atom. The zero-order chi connectivity index (χ0) is 26.1. The smallest absolute Gasteiger partial charge is 0.263 e. The van der Waals surface area contributed by atoms with E-state index >= 15 is 0 Å². The van der Waals surface area contributed by atoms with Gasteiger partial charge < -0.3 is 10.1 Å². The highest BCUT2D eigenvalue weighted by Gasteiger charge is 2.33. The highest BCUT2D eigenvalue weighted by molar-refractivity contribution is 5.85. The number of aryl methyl sites for hydroxylation is 2. The van der Waals surface area contributed by atoms with Gasteiger partial charge in [0.1, 0.15) is 0 Å². The number of carbonyl (C=O) groups is 1. The average molecular weight is 487 g/mol. The van der Waals surface area contributed by atoms with Gasteiger partial charge in [0.15, 0.2) is 5.60 Å². The van der Waals surface area contributed by atoms with Gasteiger partial charge in [-0.2, -0.15) is 5.26 Å². The Morgan fingerprint density at radius 1 is 1.14 bits per heavy atom. The van der Waals surface area contributed by atoms with Gasteiger partial charge in [-0.3, -0.25) is 9.18 Å². The molecule has 0 fully saturated rings. The lowest BCUT2D eigenvalue weighted by Crippen LogP contribution is -2.51. The molecule has 0 saturated heterocycles. The Balaban J connectivity index is 1.79. The summed E-state index contributed by atoms with van der Waals surface area (Å²) in [6.45, 7) is 7.03. The number of nitrogens with one attached hydrogen (secondary N) is 1. The topological polar surface area (TPSA) is 75.0 Å². The molecule has 3 aromatic rings. The Morgan fingerprint density at radius 2 is 1.86 bits per heavy atom. The van der Waals surface area contributed by atoms with Crippen LogP contribution in [0.3, 0.4) is 0 Å². The minimum Gasteiger partial charge on any atom is -0.462 e. The van der Waals surface area contributed by atoms with E-state index in [2.05, 4.69) is 28.5 Å². The lowest BCUT2D eigenvalue weighted by atomic mass is 9.85. The molecule has 5 nitrogen and oxygen atoms in total. The lowest BCUT2D eigenvalue weighted by molar-refractivity contribution is -0.135. The van der Waals surface area contributed by atoms with E-state index in [1.165, 1.54) is 0 Å². The second kappa shape index (κ2) is 12.3. The molecule has 6 heteroatoms. The van der Waals surface area contributed by atoms with Crippen molar-refractivity contribution in [2.45, 2.75) is 64.5 Å². The van der Waals surface area contributed by atoms with E-state index in [1.807, 2.05) is 50.2 Å². The van der Waals surface area contributed by atoms with Crippen LogP contribution in [-0.4, -0.2) is 29.2 Å². The van der Waals surface area contributed by atoms with E-state index in [0.29, 0.717) is 30.7 Å². The summed E-state index contributed by atoms with van der Waals surface area (Å²) in [5, 5.41) is 12.5. The lowest BCUT2D eigenvalue weighted by Gasteiger charge is -2.30. The average Bonchev–Trinajstić information content (AvgIpc) is 2.87. The number of alkyl halides is 1. The highest BCUT2D eigenvalue weighted by Crippen LogP contribution is 2.27. The third-order valence-corrected chi connectivity index (χ3v) is 6.27. The first-order valence-electron chi connectivity index (χ1n) is 12.3. The normalized spacial score (nSPS) is 12.9. The Kier molecular flexibility index (Phi) is 9.19. The molecule has 2 aromatic carbocycles. The van der Waals surface area contributed by atoms with Crippen molar-refractivity contribution in [3.63, 3.8) is 0 Å². The maximum atomic E-state index is 13.3. The van der Waals surface area contributed by atoms with Crippen LogP contribution in [0.4, 0.5) is 4.39 Å². The summed E-state index contributed by atoms with van der Waals surface area (Å²) in [6, 6.07) is 21.3. The zero-order valence-electron chi connectivity index (χ0n) is 21.4. The number of hydrogen-bond acceptors (Lipinski definition) is 4. The standard InChI is InChI=1S/C30H34FN3O2/c1-21-10-15-28(33-20-21)36-30(3,4)29(35)34-22(2)27(26-9-5-7-25(17-26)19-32)18-24-13-11-23(12-14-24)8-6-16-31/h5,7,9-15,17,20,22,27H,6,8,16,18H2,1-4H3,(H,34,35)/t22-,27+/m0/s1/i31-1. The van der Waals surface area contributed by atoms with Crippen molar-refractivity contribution in [3.05, 3.63) is 94.7 Å². The number of carbonyl (C=O) groups excluding carboxylic acids is 1. The van der Waals surface area contributed by atoms with Gasteiger partial charge in [0, 0.05) is 24.2 Å². The first kappa shape index (κ1) is 26.9. The van der Waals surface area contributed by atoms with Crippen molar-refractivity contribution in [2.24, 2.45) is 0 Å². The molecule has 1 heterocycles. The number of benzene rings is 2. The van der Waals surface area contributed by atoms with Crippen molar-refractivity contribution < 1.29 is 13.9 Å². The molecule has 1 amide bonds. The number of ether oxygens (including phenoxy) is 1. The predicted molar refractivity (Wildman–Crippen MR) is 140 cm³/mol. The zero-order valence-corrected chi connectivity index (χ0v) is 21.4. The Bertz CT molecular complexity index is 1180. The summed E-state index contributed by atoms with van der Waals surface area (Å²) in [5.41, 5.74) is 3.63.